The highest BCUT2D eigenvalue weighted by atomic mass is 16.5. The number of carbonyl (C=O) groups excluding carboxylic acids is 2. The van der Waals surface area contributed by atoms with Gasteiger partial charge >= 0.3 is 0 Å². The van der Waals surface area contributed by atoms with Crippen molar-refractivity contribution < 1.29 is 28.9 Å². The van der Waals surface area contributed by atoms with E-state index in [1.165, 1.54) is 4.90 Å². The summed E-state index contributed by atoms with van der Waals surface area (Å²) >= 11 is 0. The molecule has 0 unspecified atom stereocenters. The monoisotopic (exact) mass is 439 g/mol. The van der Waals surface area contributed by atoms with Gasteiger partial charge in [-0.15, -0.1) is 0 Å². The van der Waals surface area contributed by atoms with Crippen molar-refractivity contribution in [2.75, 3.05) is 34.0 Å². The maximum atomic E-state index is 13.1. The van der Waals surface area contributed by atoms with Gasteiger partial charge in [-0.05, 0) is 61.7 Å². The van der Waals surface area contributed by atoms with E-state index >= 15 is 0 Å². The van der Waals surface area contributed by atoms with Gasteiger partial charge in [-0.1, -0.05) is 12.1 Å². The third-order valence-corrected chi connectivity index (χ3v) is 5.48. The summed E-state index contributed by atoms with van der Waals surface area (Å²) in [5, 5.41) is 11.2. The Morgan fingerprint density at radius 3 is 2.34 bits per heavy atom. The minimum atomic E-state index is -0.705. The van der Waals surface area contributed by atoms with E-state index in [9.17, 15) is 14.7 Å². The van der Waals surface area contributed by atoms with Gasteiger partial charge in [0.25, 0.3) is 11.7 Å². The molecule has 32 heavy (non-hydrogen) atoms. The molecular weight excluding hydrogens is 410 g/mol. The summed E-state index contributed by atoms with van der Waals surface area (Å²) in [7, 11) is 3.15. The zero-order valence-corrected chi connectivity index (χ0v) is 18.9. The Morgan fingerprint density at radius 1 is 1.06 bits per heavy atom. The Kier molecular flexibility index (Phi) is 7.53. The number of likely N-dealkylation sites (tertiary alicyclic amines) is 1. The molecule has 1 N–H and O–H groups in total. The van der Waals surface area contributed by atoms with Gasteiger partial charge in [0.05, 0.1) is 25.3 Å². The van der Waals surface area contributed by atoms with Gasteiger partial charge in [0, 0.05) is 25.8 Å². The minimum absolute atomic E-state index is 0.0739. The van der Waals surface area contributed by atoms with Crippen LogP contribution in [0.3, 0.4) is 0 Å². The Labute approximate surface area is 188 Å². The molecule has 0 saturated carbocycles. The van der Waals surface area contributed by atoms with E-state index in [-0.39, 0.29) is 11.3 Å². The molecule has 1 heterocycles. The van der Waals surface area contributed by atoms with Crippen LogP contribution in [0.15, 0.2) is 48.0 Å². The molecule has 2 aromatic carbocycles. The quantitative estimate of drug-likeness (QED) is 0.276. The Morgan fingerprint density at radius 2 is 1.75 bits per heavy atom. The first-order chi connectivity index (χ1) is 15.4. The number of nitrogens with zero attached hydrogens (tertiary/aromatic N) is 1. The van der Waals surface area contributed by atoms with Gasteiger partial charge in [-0.3, -0.25) is 9.59 Å². The first-order valence-corrected chi connectivity index (χ1v) is 10.6. The number of carbonyl (C=O) groups is 2. The van der Waals surface area contributed by atoms with Crippen LogP contribution < -0.4 is 9.47 Å². The van der Waals surface area contributed by atoms with Gasteiger partial charge < -0.3 is 24.2 Å². The van der Waals surface area contributed by atoms with Crippen molar-refractivity contribution in [1.29, 1.82) is 0 Å². The lowest BCUT2D eigenvalue weighted by atomic mass is 9.93. The molecule has 1 aliphatic heterocycles. The van der Waals surface area contributed by atoms with Crippen molar-refractivity contribution >= 4 is 17.4 Å². The fourth-order valence-corrected chi connectivity index (χ4v) is 3.92. The molecule has 1 aliphatic rings. The molecule has 1 saturated heterocycles. The molecule has 0 aromatic heterocycles. The highest BCUT2D eigenvalue weighted by Crippen LogP contribution is 2.40. The van der Waals surface area contributed by atoms with E-state index in [0.717, 1.165) is 11.1 Å². The predicted molar refractivity (Wildman–Crippen MR) is 121 cm³/mol. The highest BCUT2D eigenvalue weighted by Gasteiger charge is 2.45. The number of aliphatic hydroxyl groups excluding tert-OH is 1. The number of Topliss-reactive ketones (excluding diaryl/α,β-unsaturated/α-hetero) is 1. The first kappa shape index (κ1) is 23.3. The third-order valence-electron chi connectivity index (χ3n) is 5.48. The summed E-state index contributed by atoms with van der Waals surface area (Å²) in [6, 6.07) is 11.7. The van der Waals surface area contributed by atoms with Crippen molar-refractivity contribution in [1.82, 2.24) is 4.90 Å². The zero-order chi connectivity index (χ0) is 23.3. The largest absolute Gasteiger partial charge is 0.507 e. The van der Waals surface area contributed by atoms with Crippen LogP contribution >= 0.6 is 0 Å². The van der Waals surface area contributed by atoms with E-state index < -0.39 is 17.7 Å². The molecular formula is C25H29NO6. The summed E-state index contributed by atoms with van der Waals surface area (Å²) in [6.45, 7) is 5.03. The first-order valence-electron chi connectivity index (χ1n) is 10.6. The lowest BCUT2D eigenvalue weighted by Crippen LogP contribution is -2.31. The average Bonchev–Trinajstić information content (AvgIpc) is 3.04. The number of aliphatic hydroxyl groups is 1. The number of methoxy groups -OCH3 is 2. The molecule has 1 fully saturated rings. The van der Waals surface area contributed by atoms with Crippen LogP contribution in [0.4, 0.5) is 0 Å². The fraction of sp³-hybridized carbons (Fsp3) is 0.360. The van der Waals surface area contributed by atoms with E-state index in [1.807, 2.05) is 26.0 Å². The van der Waals surface area contributed by atoms with Crippen LogP contribution in [0.1, 0.15) is 36.1 Å². The summed E-state index contributed by atoms with van der Waals surface area (Å²) in [6.07, 6.45) is 0.568. The van der Waals surface area contributed by atoms with Gasteiger partial charge in [-0.25, -0.2) is 0 Å². The average molecular weight is 440 g/mol. The SMILES string of the molecule is CCOc1ccc([C@@H]2/C(=C(\O)c3ccc(OC)cc3C)C(=O)C(=O)N2CCCOC)cc1. The van der Waals surface area contributed by atoms with Crippen molar-refractivity contribution in [3.05, 3.63) is 64.7 Å². The van der Waals surface area contributed by atoms with Crippen LogP contribution in [0.5, 0.6) is 11.5 Å². The van der Waals surface area contributed by atoms with Gasteiger partial charge in [0.15, 0.2) is 0 Å². The van der Waals surface area contributed by atoms with E-state index in [1.54, 1.807) is 44.6 Å². The van der Waals surface area contributed by atoms with Gasteiger partial charge in [-0.2, -0.15) is 0 Å². The van der Waals surface area contributed by atoms with Crippen molar-refractivity contribution in [2.24, 2.45) is 0 Å². The molecule has 0 bridgehead atoms. The molecule has 0 aliphatic carbocycles. The second-order valence-electron chi connectivity index (χ2n) is 7.52. The topological polar surface area (TPSA) is 85.3 Å². The van der Waals surface area contributed by atoms with E-state index in [0.29, 0.717) is 43.2 Å². The third kappa shape index (κ3) is 4.62. The summed E-state index contributed by atoms with van der Waals surface area (Å²) < 4.78 is 15.9. The lowest BCUT2D eigenvalue weighted by molar-refractivity contribution is -0.140. The Balaban J connectivity index is 2.11. The fourth-order valence-electron chi connectivity index (χ4n) is 3.92. The van der Waals surface area contributed by atoms with Crippen LogP contribution in [0.25, 0.3) is 5.76 Å². The molecule has 0 spiro atoms. The van der Waals surface area contributed by atoms with Crippen LogP contribution in [0, 0.1) is 6.92 Å². The predicted octanol–water partition coefficient (Wildman–Crippen LogP) is 3.86. The van der Waals surface area contributed by atoms with Crippen LogP contribution in [-0.4, -0.2) is 55.7 Å². The number of ether oxygens (including phenoxy) is 3. The minimum Gasteiger partial charge on any atom is -0.507 e. The van der Waals surface area contributed by atoms with Gasteiger partial charge in [0.2, 0.25) is 0 Å². The number of benzene rings is 2. The molecule has 7 nitrogen and oxygen atoms in total. The zero-order valence-electron chi connectivity index (χ0n) is 18.9. The molecule has 1 atom stereocenters. The second kappa shape index (κ2) is 10.3. The Hall–Kier alpha value is -3.32. The smallest absolute Gasteiger partial charge is 0.295 e. The second-order valence-corrected chi connectivity index (χ2v) is 7.52. The molecule has 0 radical (unpaired) electrons. The molecule has 2 aromatic rings. The molecule has 170 valence electrons. The normalized spacial score (nSPS) is 17.6. The summed E-state index contributed by atoms with van der Waals surface area (Å²) in [5.74, 6) is -0.195. The van der Waals surface area contributed by atoms with Crippen molar-refractivity contribution in [3.63, 3.8) is 0 Å². The van der Waals surface area contributed by atoms with Crippen LogP contribution in [0.2, 0.25) is 0 Å². The van der Waals surface area contributed by atoms with E-state index in [4.69, 9.17) is 14.2 Å². The van der Waals surface area contributed by atoms with Crippen molar-refractivity contribution in [2.45, 2.75) is 26.3 Å². The Bertz CT molecular complexity index is 1010. The highest BCUT2D eigenvalue weighted by molar-refractivity contribution is 6.46. The number of amides is 1. The number of rotatable bonds is 9. The summed E-state index contributed by atoms with van der Waals surface area (Å²) in [5.41, 5.74) is 2.01. The number of ketones is 1. The molecule has 3 rings (SSSR count). The maximum Gasteiger partial charge on any atom is 0.295 e. The molecule has 7 heteroatoms. The van der Waals surface area contributed by atoms with Gasteiger partial charge in [0.1, 0.15) is 17.3 Å². The summed E-state index contributed by atoms with van der Waals surface area (Å²) in [4.78, 5) is 27.5. The number of hydrogen-bond acceptors (Lipinski definition) is 6. The van der Waals surface area contributed by atoms with Crippen LogP contribution in [-0.2, 0) is 14.3 Å². The maximum absolute atomic E-state index is 13.1. The molecule has 1 amide bonds. The van der Waals surface area contributed by atoms with Crippen molar-refractivity contribution in [3.8, 4) is 11.5 Å². The number of hydrogen-bond donors (Lipinski definition) is 1. The standard InChI is InChI=1S/C25H29NO6/c1-5-32-18-9-7-17(8-10-18)22-21(24(28)25(29)26(22)13-6-14-30-3)23(27)20-12-11-19(31-4)15-16(20)2/h7-12,15,22,27H,5-6,13-14H2,1-4H3/b23-21+/t22-/m1/s1. The lowest BCUT2D eigenvalue weighted by Gasteiger charge is -2.25. The van der Waals surface area contributed by atoms with E-state index in [2.05, 4.69) is 0 Å². The number of aryl methyl sites for hydroxylation is 1.